The molecule has 0 saturated carbocycles. The van der Waals surface area contributed by atoms with E-state index in [4.69, 9.17) is 5.73 Å². The van der Waals surface area contributed by atoms with Crippen LogP contribution in [-0.4, -0.2) is 19.6 Å². The van der Waals surface area contributed by atoms with Gasteiger partial charge in [0.05, 0.1) is 11.7 Å². The fourth-order valence-electron chi connectivity index (χ4n) is 2.03. The first-order chi connectivity index (χ1) is 8.68. The molecule has 3 aromatic rings. The molecule has 6 heteroatoms. The van der Waals surface area contributed by atoms with Crippen LogP contribution in [0.4, 0.5) is 0 Å². The topological polar surface area (TPSA) is 69.1 Å². The van der Waals surface area contributed by atoms with Crippen molar-refractivity contribution in [2.45, 2.75) is 19.9 Å². The molecule has 0 amide bonds. The van der Waals surface area contributed by atoms with E-state index in [0.29, 0.717) is 5.78 Å². The van der Waals surface area contributed by atoms with Gasteiger partial charge in [-0.05, 0) is 30.9 Å². The third-order valence-corrected chi connectivity index (χ3v) is 4.05. The molecular weight excluding hydrogens is 246 g/mol. The first kappa shape index (κ1) is 11.3. The van der Waals surface area contributed by atoms with Crippen LogP contribution in [0.3, 0.4) is 0 Å². The summed E-state index contributed by atoms with van der Waals surface area (Å²) >= 11 is 1.64. The van der Waals surface area contributed by atoms with E-state index in [1.54, 1.807) is 15.9 Å². The SMILES string of the molecule is Cc1nc2ncnn2c(C(N)c2cccs2)c1C. The van der Waals surface area contributed by atoms with E-state index in [1.807, 2.05) is 31.4 Å². The Morgan fingerprint density at radius 3 is 2.94 bits per heavy atom. The van der Waals surface area contributed by atoms with Crippen LogP contribution in [0.5, 0.6) is 0 Å². The molecule has 5 nitrogen and oxygen atoms in total. The van der Waals surface area contributed by atoms with Gasteiger partial charge in [-0.1, -0.05) is 6.07 Å². The summed E-state index contributed by atoms with van der Waals surface area (Å²) in [7, 11) is 0. The number of rotatable bonds is 2. The predicted octanol–water partition coefficient (Wildman–Crippen LogP) is 1.85. The van der Waals surface area contributed by atoms with Crippen molar-refractivity contribution in [1.29, 1.82) is 0 Å². The van der Waals surface area contributed by atoms with Crippen molar-refractivity contribution in [3.8, 4) is 0 Å². The van der Waals surface area contributed by atoms with Gasteiger partial charge >= 0.3 is 0 Å². The second-order valence-corrected chi connectivity index (χ2v) is 5.15. The van der Waals surface area contributed by atoms with E-state index in [2.05, 4.69) is 15.1 Å². The summed E-state index contributed by atoms with van der Waals surface area (Å²) in [6, 6.07) is 3.84. The van der Waals surface area contributed by atoms with Gasteiger partial charge in [-0.25, -0.2) is 4.98 Å². The standard InChI is InChI=1S/C12H13N5S/c1-7-8(2)16-12-14-6-15-17(12)11(7)10(13)9-4-3-5-18-9/h3-6,10H,13H2,1-2H3. The minimum atomic E-state index is -0.198. The van der Waals surface area contributed by atoms with Crippen molar-refractivity contribution in [3.63, 3.8) is 0 Å². The zero-order valence-electron chi connectivity index (χ0n) is 10.2. The minimum absolute atomic E-state index is 0.198. The molecule has 0 bridgehead atoms. The fourth-order valence-corrected chi connectivity index (χ4v) is 2.76. The second kappa shape index (κ2) is 4.15. The fraction of sp³-hybridized carbons (Fsp3) is 0.250. The third-order valence-electron chi connectivity index (χ3n) is 3.10. The van der Waals surface area contributed by atoms with Gasteiger partial charge in [0.1, 0.15) is 6.33 Å². The maximum absolute atomic E-state index is 6.35. The molecule has 3 heterocycles. The highest BCUT2D eigenvalue weighted by Gasteiger charge is 2.19. The molecule has 2 N–H and O–H groups in total. The molecular formula is C12H13N5S. The van der Waals surface area contributed by atoms with Gasteiger partial charge in [-0.3, -0.25) is 0 Å². The number of hydrogen-bond donors (Lipinski definition) is 1. The summed E-state index contributed by atoms with van der Waals surface area (Å²) < 4.78 is 1.73. The van der Waals surface area contributed by atoms with Gasteiger partial charge in [-0.2, -0.15) is 14.6 Å². The molecule has 0 aliphatic carbocycles. The normalized spacial score (nSPS) is 13.1. The zero-order chi connectivity index (χ0) is 12.7. The maximum atomic E-state index is 6.35. The highest BCUT2D eigenvalue weighted by Crippen LogP contribution is 2.26. The van der Waals surface area contributed by atoms with Gasteiger partial charge in [0, 0.05) is 10.6 Å². The number of fused-ring (bicyclic) bond motifs is 1. The van der Waals surface area contributed by atoms with Crippen LogP contribution in [0.25, 0.3) is 5.78 Å². The van der Waals surface area contributed by atoms with E-state index in [0.717, 1.165) is 21.8 Å². The van der Waals surface area contributed by atoms with Gasteiger partial charge in [0.25, 0.3) is 5.78 Å². The Hall–Kier alpha value is -1.79. The largest absolute Gasteiger partial charge is 0.318 e. The van der Waals surface area contributed by atoms with E-state index in [-0.39, 0.29) is 6.04 Å². The van der Waals surface area contributed by atoms with Crippen LogP contribution in [0.15, 0.2) is 23.8 Å². The zero-order valence-corrected chi connectivity index (χ0v) is 11.0. The number of hydrogen-bond acceptors (Lipinski definition) is 5. The Kier molecular flexibility index (Phi) is 2.61. The van der Waals surface area contributed by atoms with Crippen molar-refractivity contribution >= 4 is 17.1 Å². The van der Waals surface area contributed by atoms with Crippen molar-refractivity contribution in [1.82, 2.24) is 19.6 Å². The molecule has 18 heavy (non-hydrogen) atoms. The number of aromatic nitrogens is 4. The van der Waals surface area contributed by atoms with Crippen molar-refractivity contribution in [3.05, 3.63) is 45.7 Å². The van der Waals surface area contributed by atoms with E-state index >= 15 is 0 Å². The monoisotopic (exact) mass is 259 g/mol. The molecule has 92 valence electrons. The van der Waals surface area contributed by atoms with Crippen LogP contribution >= 0.6 is 11.3 Å². The Balaban J connectivity index is 2.27. The smallest absolute Gasteiger partial charge is 0.252 e. The number of nitrogens with zero attached hydrogens (tertiary/aromatic N) is 4. The summed E-state index contributed by atoms with van der Waals surface area (Å²) in [5.41, 5.74) is 9.31. The summed E-state index contributed by atoms with van der Waals surface area (Å²) in [5.74, 6) is 0.597. The molecule has 1 unspecified atom stereocenters. The lowest BCUT2D eigenvalue weighted by molar-refractivity contribution is 0.748. The Morgan fingerprint density at radius 1 is 1.39 bits per heavy atom. The molecule has 0 saturated heterocycles. The van der Waals surface area contributed by atoms with E-state index in [1.165, 1.54) is 6.33 Å². The van der Waals surface area contributed by atoms with Gasteiger partial charge in [0.2, 0.25) is 0 Å². The van der Waals surface area contributed by atoms with Crippen LogP contribution in [0, 0.1) is 13.8 Å². The first-order valence-electron chi connectivity index (χ1n) is 5.64. The number of thiophene rings is 1. The molecule has 3 aromatic heterocycles. The molecule has 0 aliphatic heterocycles. The molecule has 0 radical (unpaired) electrons. The van der Waals surface area contributed by atoms with E-state index < -0.39 is 0 Å². The molecule has 3 rings (SSSR count). The molecule has 0 aromatic carbocycles. The van der Waals surface area contributed by atoms with E-state index in [9.17, 15) is 0 Å². The highest BCUT2D eigenvalue weighted by molar-refractivity contribution is 7.10. The van der Waals surface area contributed by atoms with Crippen molar-refractivity contribution < 1.29 is 0 Å². The Morgan fingerprint density at radius 2 is 2.22 bits per heavy atom. The first-order valence-corrected chi connectivity index (χ1v) is 6.52. The van der Waals surface area contributed by atoms with Crippen LogP contribution in [0.2, 0.25) is 0 Å². The second-order valence-electron chi connectivity index (χ2n) is 4.17. The number of nitrogens with two attached hydrogens (primary N) is 1. The average molecular weight is 259 g/mol. The quantitative estimate of drug-likeness (QED) is 0.762. The summed E-state index contributed by atoms with van der Waals surface area (Å²) in [6.45, 7) is 3.99. The summed E-state index contributed by atoms with van der Waals surface area (Å²) in [5, 5.41) is 6.24. The predicted molar refractivity (Wildman–Crippen MR) is 70.6 cm³/mol. The molecule has 0 aliphatic rings. The maximum Gasteiger partial charge on any atom is 0.252 e. The van der Waals surface area contributed by atoms with Gasteiger partial charge in [0.15, 0.2) is 0 Å². The summed E-state index contributed by atoms with van der Waals surface area (Å²) in [4.78, 5) is 9.64. The van der Waals surface area contributed by atoms with Crippen LogP contribution in [0.1, 0.15) is 27.9 Å². The van der Waals surface area contributed by atoms with Gasteiger partial charge in [-0.15, -0.1) is 11.3 Å². The highest BCUT2D eigenvalue weighted by atomic mass is 32.1. The third kappa shape index (κ3) is 1.61. The lowest BCUT2D eigenvalue weighted by atomic mass is 10.1. The Labute approximate surface area is 108 Å². The molecule has 0 fully saturated rings. The van der Waals surface area contributed by atoms with Gasteiger partial charge < -0.3 is 5.73 Å². The van der Waals surface area contributed by atoms with Crippen molar-refractivity contribution in [2.75, 3.05) is 0 Å². The Bertz CT molecular complexity index is 686. The number of aryl methyl sites for hydroxylation is 1. The average Bonchev–Trinajstić information content (AvgIpc) is 2.99. The minimum Gasteiger partial charge on any atom is -0.318 e. The van der Waals surface area contributed by atoms with Crippen LogP contribution < -0.4 is 5.73 Å². The molecule has 0 spiro atoms. The summed E-state index contributed by atoms with van der Waals surface area (Å²) in [6.07, 6.45) is 1.51. The lowest BCUT2D eigenvalue weighted by Gasteiger charge is -2.15. The van der Waals surface area contributed by atoms with Crippen molar-refractivity contribution in [2.24, 2.45) is 5.73 Å². The molecule has 1 atom stereocenters. The lowest BCUT2D eigenvalue weighted by Crippen LogP contribution is -2.18. The van der Waals surface area contributed by atoms with Crippen LogP contribution in [-0.2, 0) is 0 Å².